The number of fused-ring (bicyclic) bond motifs is 3. The zero-order chi connectivity index (χ0) is 46.3. The van der Waals surface area contributed by atoms with Crippen LogP contribution in [0.1, 0.15) is 44.1 Å². The van der Waals surface area contributed by atoms with Crippen molar-refractivity contribution in [2.75, 3.05) is 48.7 Å². The number of imidazole rings is 1. The number of aromatic nitrogens is 10. The minimum absolute atomic E-state index is 0.175. The second kappa shape index (κ2) is 18.0. The van der Waals surface area contributed by atoms with E-state index in [4.69, 9.17) is 35.3 Å². The summed E-state index contributed by atoms with van der Waals surface area (Å²) in [4.78, 5) is 59.8. The van der Waals surface area contributed by atoms with Crippen LogP contribution in [0.3, 0.4) is 0 Å². The lowest BCUT2D eigenvalue weighted by molar-refractivity contribution is -0.129. The number of nitrogens with one attached hydrogen (secondary N) is 2. The van der Waals surface area contributed by atoms with E-state index in [-0.39, 0.29) is 36.2 Å². The van der Waals surface area contributed by atoms with Crippen molar-refractivity contribution in [3.8, 4) is 22.8 Å². The third-order valence-corrected chi connectivity index (χ3v) is 12.7. The Morgan fingerprint density at radius 2 is 1.73 bits per heavy atom. The second-order valence-electron chi connectivity index (χ2n) is 17.0. The van der Waals surface area contributed by atoms with Crippen LogP contribution in [-0.2, 0) is 16.1 Å². The molecule has 0 bridgehead atoms. The van der Waals surface area contributed by atoms with Crippen molar-refractivity contribution < 1.29 is 19.1 Å². The van der Waals surface area contributed by atoms with Gasteiger partial charge in [-0.25, -0.2) is 24.4 Å². The van der Waals surface area contributed by atoms with E-state index in [9.17, 15) is 9.59 Å². The maximum atomic E-state index is 13.9. The molecule has 2 fully saturated rings. The maximum absolute atomic E-state index is 13.9. The fraction of sp³-hybridized carbons (Fsp3) is 0.298. The second-order valence-corrected chi connectivity index (χ2v) is 17.9. The number of hydrogen-bond donors (Lipinski definition) is 3. The quantitative estimate of drug-likeness (QED) is 0.108. The van der Waals surface area contributed by atoms with E-state index < -0.39 is 6.09 Å². The van der Waals surface area contributed by atoms with Crippen molar-refractivity contribution in [3.05, 3.63) is 113 Å². The first-order valence-corrected chi connectivity index (χ1v) is 22.9. The number of rotatable bonds is 11. The summed E-state index contributed by atoms with van der Waals surface area (Å²) in [5.74, 6) is 3.17. The van der Waals surface area contributed by atoms with Gasteiger partial charge in [-0.3, -0.25) is 9.69 Å². The van der Waals surface area contributed by atoms with E-state index in [0.717, 1.165) is 46.6 Å². The van der Waals surface area contributed by atoms with E-state index >= 15 is 0 Å². The van der Waals surface area contributed by atoms with Gasteiger partial charge >= 0.3 is 6.09 Å². The summed E-state index contributed by atoms with van der Waals surface area (Å²) in [6.45, 7) is 11.9. The van der Waals surface area contributed by atoms with Gasteiger partial charge in [0.1, 0.15) is 41.8 Å². The number of benzene rings is 3. The predicted octanol–water partition coefficient (Wildman–Crippen LogP) is 7.32. The Labute approximate surface area is 393 Å². The lowest BCUT2D eigenvalue weighted by Gasteiger charge is -2.43. The van der Waals surface area contributed by atoms with Crippen molar-refractivity contribution >= 4 is 73.4 Å². The number of piperidine rings is 1. The number of hydrogen-bond acceptors (Lipinski definition) is 14. The molecule has 20 heteroatoms. The molecule has 7 heterocycles. The van der Waals surface area contributed by atoms with Crippen molar-refractivity contribution in [3.63, 3.8) is 0 Å². The Morgan fingerprint density at radius 3 is 2.52 bits per heavy atom. The normalized spacial score (nSPS) is 17.6. The van der Waals surface area contributed by atoms with Gasteiger partial charge in [0.2, 0.25) is 11.9 Å². The fourth-order valence-electron chi connectivity index (χ4n) is 8.97. The van der Waals surface area contributed by atoms with Crippen LogP contribution in [0.15, 0.2) is 102 Å². The number of likely N-dealkylation sites (tertiary alicyclic amines) is 1. The van der Waals surface area contributed by atoms with Gasteiger partial charge in [0.15, 0.2) is 11.3 Å². The predicted molar refractivity (Wildman–Crippen MR) is 257 cm³/mol. The lowest BCUT2D eigenvalue weighted by atomic mass is 10.0. The summed E-state index contributed by atoms with van der Waals surface area (Å²) in [5.41, 5.74) is 12.2. The van der Waals surface area contributed by atoms with Gasteiger partial charge in [-0.1, -0.05) is 30.8 Å². The van der Waals surface area contributed by atoms with Gasteiger partial charge in [0.05, 0.1) is 51.8 Å². The summed E-state index contributed by atoms with van der Waals surface area (Å²) >= 11 is 3.59. The Hall–Kier alpha value is -7.61. The number of H-pyrrole nitrogens is 1. The molecule has 2 aliphatic heterocycles. The van der Waals surface area contributed by atoms with E-state index in [1.54, 1.807) is 20.5 Å². The molecule has 67 heavy (non-hydrogen) atoms. The molecule has 4 N–H and O–H groups in total. The van der Waals surface area contributed by atoms with Gasteiger partial charge in [-0.05, 0) is 104 Å². The topological polar surface area (TPSA) is 216 Å². The molecule has 0 spiro atoms. The Kier molecular flexibility index (Phi) is 11.6. The van der Waals surface area contributed by atoms with E-state index in [0.29, 0.717) is 83.0 Å². The first kappa shape index (κ1) is 43.3. The fourth-order valence-corrected chi connectivity index (χ4v) is 9.32. The highest BCUT2D eigenvalue weighted by molar-refractivity contribution is 9.10. The van der Waals surface area contributed by atoms with Crippen LogP contribution < -0.4 is 20.7 Å². The van der Waals surface area contributed by atoms with Crippen LogP contribution in [0.2, 0.25) is 0 Å². The van der Waals surface area contributed by atoms with Crippen LogP contribution in [0.4, 0.5) is 22.5 Å². The molecule has 0 saturated carbocycles. The molecule has 3 atom stereocenters. The van der Waals surface area contributed by atoms with Crippen LogP contribution in [0.25, 0.3) is 39.0 Å². The zero-order valence-corrected chi connectivity index (χ0v) is 38.7. The van der Waals surface area contributed by atoms with Crippen molar-refractivity contribution in [2.24, 2.45) is 0 Å². The smallest absolute Gasteiger partial charge is 0.410 e. The number of nitrogen functional groups attached to an aromatic ring is 1. The molecule has 342 valence electrons. The molecule has 19 nitrogen and oxygen atoms in total. The number of nitrogens with two attached hydrogens (primary N) is 1. The Morgan fingerprint density at radius 1 is 0.955 bits per heavy atom. The molecule has 2 saturated heterocycles. The number of amides is 2. The first-order chi connectivity index (χ1) is 32.5. The molecule has 10 rings (SSSR count). The van der Waals surface area contributed by atoms with Crippen LogP contribution in [-0.4, -0.2) is 116 Å². The Balaban J connectivity index is 0.773. The molecule has 0 unspecified atom stereocenters. The highest BCUT2D eigenvalue weighted by Crippen LogP contribution is 2.35. The van der Waals surface area contributed by atoms with Gasteiger partial charge in [0, 0.05) is 37.3 Å². The summed E-state index contributed by atoms with van der Waals surface area (Å²) in [7, 11) is 0. The molecule has 2 amide bonds. The highest BCUT2D eigenvalue weighted by atomic mass is 79.9. The third kappa shape index (κ3) is 8.66. The number of nitrogens with zero attached hydrogens (tertiary/aromatic N) is 12. The monoisotopic (exact) mass is 965 g/mol. The SMILES string of the molecule is C=C(COC(=O)N1[C@H](C)CN(c2nc(NCc3nc4ccc(C)cc4[nH]3)n3ncc(Br)c3n2)C[C@@H]1C)C(=O)N1CCC[C@@H](n2nc(-c3ccc(Oc4ccccc4)cc3)c3c(N)ncnc32)C1. The van der Waals surface area contributed by atoms with Crippen molar-refractivity contribution in [1.29, 1.82) is 0 Å². The van der Waals surface area contributed by atoms with Gasteiger partial charge < -0.3 is 35.3 Å². The average Bonchev–Trinajstić information content (AvgIpc) is 4.05. The summed E-state index contributed by atoms with van der Waals surface area (Å²) in [5, 5.41) is 13.5. The van der Waals surface area contributed by atoms with Crippen LogP contribution in [0, 0.1) is 6.92 Å². The van der Waals surface area contributed by atoms with Crippen molar-refractivity contribution in [2.45, 2.75) is 58.3 Å². The highest BCUT2D eigenvalue weighted by Gasteiger charge is 2.36. The molecular weight excluding hydrogens is 919 g/mol. The number of piperazine rings is 1. The number of carbonyl (C=O) groups is 2. The zero-order valence-electron chi connectivity index (χ0n) is 37.1. The van der Waals surface area contributed by atoms with E-state index in [1.807, 2.05) is 97.1 Å². The summed E-state index contributed by atoms with van der Waals surface area (Å²) in [6, 6.07) is 22.5. The number of anilines is 3. The number of para-hydroxylation sites is 1. The first-order valence-electron chi connectivity index (χ1n) is 22.1. The lowest BCUT2D eigenvalue weighted by Crippen LogP contribution is -2.59. The minimum atomic E-state index is -0.532. The van der Waals surface area contributed by atoms with Gasteiger partial charge in [0.25, 0.3) is 5.91 Å². The van der Waals surface area contributed by atoms with Crippen molar-refractivity contribution in [1.82, 2.24) is 59.1 Å². The van der Waals surface area contributed by atoms with Crippen LogP contribution >= 0.6 is 15.9 Å². The van der Waals surface area contributed by atoms with Crippen LogP contribution in [0.5, 0.6) is 11.5 Å². The van der Waals surface area contributed by atoms with Gasteiger partial charge in [-0.2, -0.15) is 24.7 Å². The molecule has 0 aliphatic carbocycles. The minimum Gasteiger partial charge on any atom is -0.457 e. The molecule has 2 aliphatic rings. The number of aryl methyl sites for hydroxylation is 1. The third-order valence-electron chi connectivity index (χ3n) is 12.2. The number of ether oxygens (including phenoxy) is 2. The molecule has 8 aromatic rings. The van der Waals surface area contributed by atoms with E-state index in [2.05, 4.69) is 53.9 Å². The Bertz CT molecular complexity index is 3140. The molecular formula is C47H48BrN15O4. The molecule has 0 radical (unpaired) electrons. The summed E-state index contributed by atoms with van der Waals surface area (Å²) < 4.78 is 16.0. The standard InChI is InChI=1S/C47H48BrN15O4/c1-27-12-17-36-37(19-27)55-38(54-36)21-50-45-57-46(56-42-35(48)20-53-63(42)45)60-22-29(3)61(30(4)23-60)47(65)66-25-28(2)44(64)59-18-8-9-32(24-59)62-43-39(41(49)51-26-52-43)40(58-62)31-13-15-34(16-14-31)67-33-10-6-5-7-11-33/h5-7,10-17,19-20,26,29-30,32H,2,8-9,18,21-25H2,1,3-4H3,(H,54,55)(H2,49,51,52)(H,50,56,57)/t29-,30+,32-/m1/s1. The number of carbonyl (C=O) groups excluding carboxylic acids is 2. The summed E-state index contributed by atoms with van der Waals surface area (Å²) in [6.07, 6.45) is 4.05. The maximum Gasteiger partial charge on any atom is 0.410 e. The number of aromatic amines is 1. The molecule has 3 aromatic carbocycles. The largest absolute Gasteiger partial charge is 0.457 e. The average molecular weight is 967 g/mol. The van der Waals surface area contributed by atoms with Gasteiger partial charge in [-0.15, -0.1) is 0 Å². The molecule has 5 aromatic heterocycles. The number of halogens is 1. The van der Waals surface area contributed by atoms with E-state index in [1.165, 1.54) is 6.33 Å².